The Balaban J connectivity index is 2.29. The van der Waals surface area contributed by atoms with Gasteiger partial charge >= 0.3 is 0 Å². The van der Waals surface area contributed by atoms with Gasteiger partial charge in [0.25, 0.3) is 0 Å². The maximum atomic E-state index is 5.94. The highest BCUT2D eigenvalue weighted by Crippen LogP contribution is 2.39. The van der Waals surface area contributed by atoms with Crippen LogP contribution in [0.4, 0.5) is 5.69 Å². The van der Waals surface area contributed by atoms with Crippen LogP contribution in [-0.4, -0.2) is 9.97 Å². The zero-order chi connectivity index (χ0) is 11.1. The van der Waals surface area contributed by atoms with Crippen LogP contribution in [0.5, 0.6) is 0 Å². The van der Waals surface area contributed by atoms with E-state index in [2.05, 4.69) is 9.97 Å². The molecule has 1 aliphatic carbocycles. The zero-order valence-electron chi connectivity index (χ0n) is 8.78. The molecule has 3 rings (SSSR count). The molecular weight excluding hydrogens is 222 g/mol. The maximum absolute atomic E-state index is 5.94. The minimum absolute atomic E-state index is 0.298. The molecule has 0 bridgehead atoms. The van der Waals surface area contributed by atoms with E-state index < -0.39 is 0 Å². The summed E-state index contributed by atoms with van der Waals surface area (Å²) in [4.78, 5) is 8.57. The maximum Gasteiger partial charge on any atom is 0.223 e. The van der Waals surface area contributed by atoms with Gasteiger partial charge in [0.2, 0.25) is 5.28 Å². The number of para-hydroxylation sites is 1. The predicted octanol–water partition coefficient (Wildman–Crippen LogP) is 3.13. The number of rotatable bonds is 1. The van der Waals surface area contributed by atoms with Crippen molar-refractivity contribution < 1.29 is 0 Å². The number of nitrogens with two attached hydrogens (primary N) is 1. The van der Waals surface area contributed by atoms with Crippen molar-refractivity contribution >= 4 is 28.2 Å². The van der Waals surface area contributed by atoms with Crippen LogP contribution in [0.15, 0.2) is 18.2 Å². The summed E-state index contributed by atoms with van der Waals surface area (Å²) in [5.74, 6) is 0.532. The first-order valence-corrected chi connectivity index (χ1v) is 5.85. The van der Waals surface area contributed by atoms with Gasteiger partial charge in [0, 0.05) is 11.3 Å². The number of hydrogen-bond acceptors (Lipinski definition) is 3. The third-order valence-corrected chi connectivity index (χ3v) is 3.42. The van der Waals surface area contributed by atoms with Crippen molar-refractivity contribution in [3.63, 3.8) is 0 Å². The molecule has 1 heterocycles. The highest BCUT2D eigenvalue weighted by Gasteiger charge is 2.24. The number of hydrogen-bond donors (Lipinski definition) is 1. The smallest absolute Gasteiger partial charge is 0.223 e. The summed E-state index contributed by atoms with van der Waals surface area (Å²) in [6, 6.07) is 5.81. The lowest BCUT2D eigenvalue weighted by Gasteiger charge is -2.25. The molecule has 3 nitrogen and oxygen atoms in total. The predicted molar refractivity (Wildman–Crippen MR) is 65.6 cm³/mol. The number of anilines is 1. The van der Waals surface area contributed by atoms with E-state index in [1.54, 1.807) is 0 Å². The van der Waals surface area contributed by atoms with E-state index in [0.29, 0.717) is 16.9 Å². The molecule has 0 spiro atoms. The molecule has 0 unspecified atom stereocenters. The van der Waals surface area contributed by atoms with Crippen molar-refractivity contribution in [3.8, 4) is 0 Å². The number of nitrogen functional groups attached to an aromatic ring is 1. The van der Waals surface area contributed by atoms with Crippen LogP contribution in [0.25, 0.3) is 10.9 Å². The third kappa shape index (κ3) is 1.43. The molecule has 1 saturated carbocycles. The van der Waals surface area contributed by atoms with Crippen molar-refractivity contribution in [2.45, 2.75) is 25.2 Å². The molecule has 0 atom stereocenters. The molecule has 0 aliphatic heterocycles. The number of nitrogens with zero attached hydrogens (tertiary/aromatic N) is 2. The molecule has 1 aromatic heterocycles. The second-order valence-electron chi connectivity index (χ2n) is 4.25. The average molecular weight is 234 g/mol. The summed E-state index contributed by atoms with van der Waals surface area (Å²) in [7, 11) is 0. The lowest BCUT2D eigenvalue weighted by Crippen LogP contribution is -2.12. The summed E-state index contributed by atoms with van der Waals surface area (Å²) < 4.78 is 0. The number of aromatic nitrogens is 2. The van der Waals surface area contributed by atoms with Crippen molar-refractivity contribution in [2.24, 2.45) is 0 Å². The Labute approximate surface area is 98.6 Å². The van der Waals surface area contributed by atoms with Crippen LogP contribution in [0.2, 0.25) is 5.28 Å². The van der Waals surface area contributed by atoms with Gasteiger partial charge in [-0.3, -0.25) is 0 Å². The summed E-state index contributed by atoms with van der Waals surface area (Å²) >= 11 is 5.94. The monoisotopic (exact) mass is 233 g/mol. The van der Waals surface area contributed by atoms with E-state index in [4.69, 9.17) is 17.3 Å². The summed E-state index contributed by atoms with van der Waals surface area (Å²) in [6.07, 6.45) is 3.66. The van der Waals surface area contributed by atoms with Gasteiger partial charge in [-0.15, -0.1) is 0 Å². The van der Waals surface area contributed by atoms with Crippen LogP contribution in [-0.2, 0) is 0 Å². The largest absolute Gasteiger partial charge is 0.397 e. The molecule has 0 radical (unpaired) electrons. The van der Waals surface area contributed by atoms with Crippen LogP contribution < -0.4 is 5.73 Å². The molecule has 1 aromatic carbocycles. The van der Waals surface area contributed by atoms with Crippen LogP contribution in [0.3, 0.4) is 0 Å². The minimum atomic E-state index is 0.298. The highest BCUT2D eigenvalue weighted by molar-refractivity contribution is 6.28. The minimum Gasteiger partial charge on any atom is -0.397 e. The Bertz CT molecular complexity index is 549. The molecule has 0 saturated heterocycles. The number of fused-ring (bicyclic) bond motifs is 1. The fraction of sp³-hybridized carbons (Fsp3) is 0.333. The van der Waals surface area contributed by atoms with Gasteiger partial charge in [-0.05, 0) is 30.5 Å². The molecule has 2 N–H and O–H groups in total. The standard InChI is InChI=1S/C12H12ClN3/c13-12-15-10(7-3-1-4-7)8-5-2-6-9(14)11(8)16-12/h2,5-7H,1,3-4,14H2. The van der Waals surface area contributed by atoms with Gasteiger partial charge in [0.15, 0.2) is 0 Å². The van der Waals surface area contributed by atoms with Crippen LogP contribution >= 0.6 is 11.6 Å². The van der Waals surface area contributed by atoms with Gasteiger partial charge in [-0.25, -0.2) is 9.97 Å². The van der Waals surface area contributed by atoms with Gasteiger partial charge in [0.1, 0.15) is 0 Å². The van der Waals surface area contributed by atoms with Gasteiger partial charge in [-0.2, -0.15) is 0 Å². The average Bonchev–Trinajstić information content (AvgIpc) is 2.17. The first-order valence-electron chi connectivity index (χ1n) is 5.47. The molecule has 82 valence electrons. The molecule has 1 fully saturated rings. The molecule has 1 aliphatic rings. The lowest BCUT2D eigenvalue weighted by atomic mass is 9.81. The van der Waals surface area contributed by atoms with Crippen molar-refractivity contribution in [1.82, 2.24) is 9.97 Å². The Kier molecular flexibility index (Phi) is 2.21. The molecule has 2 aromatic rings. The lowest BCUT2D eigenvalue weighted by molar-refractivity contribution is 0.413. The van der Waals surface area contributed by atoms with Gasteiger partial charge in [-0.1, -0.05) is 18.6 Å². The quantitative estimate of drug-likeness (QED) is 0.608. The first kappa shape index (κ1) is 9.85. The Morgan fingerprint density at radius 1 is 1.25 bits per heavy atom. The van der Waals surface area contributed by atoms with Gasteiger partial charge < -0.3 is 5.73 Å². The van der Waals surface area contributed by atoms with E-state index in [1.165, 1.54) is 19.3 Å². The Morgan fingerprint density at radius 3 is 2.75 bits per heavy atom. The third-order valence-electron chi connectivity index (χ3n) is 3.25. The SMILES string of the molecule is Nc1cccc2c(C3CCC3)nc(Cl)nc12. The Hall–Kier alpha value is -1.35. The van der Waals surface area contributed by atoms with Crippen LogP contribution in [0, 0.1) is 0 Å². The number of halogens is 1. The molecular formula is C12H12ClN3. The van der Waals surface area contributed by atoms with E-state index in [1.807, 2.05) is 18.2 Å². The van der Waals surface area contributed by atoms with E-state index >= 15 is 0 Å². The van der Waals surface area contributed by atoms with Crippen molar-refractivity contribution in [2.75, 3.05) is 5.73 Å². The Morgan fingerprint density at radius 2 is 2.06 bits per heavy atom. The van der Waals surface area contributed by atoms with Crippen LogP contribution in [0.1, 0.15) is 30.9 Å². The molecule has 0 amide bonds. The summed E-state index contributed by atoms with van der Waals surface area (Å²) in [6.45, 7) is 0. The summed E-state index contributed by atoms with van der Waals surface area (Å²) in [5, 5.41) is 1.35. The van der Waals surface area contributed by atoms with Gasteiger partial charge in [0.05, 0.1) is 16.9 Å². The van der Waals surface area contributed by atoms with E-state index in [0.717, 1.165) is 16.6 Å². The van der Waals surface area contributed by atoms with Crippen molar-refractivity contribution in [3.05, 3.63) is 29.2 Å². The highest BCUT2D eigenvalue weighted by atomic mass is 35.5. The second kappa shape index (κ2) is 3.59. The fourth-order valence-corrected chi connectivity index (χ4v) is 2.34. The van der Waals surface area contributed by atoms with E-state index in [9.17, 15) is 0 Å². The topological polar surface area (TPSA) is 51.8 Å². The normalized spacial score (nSPS) is 16.3. The zero-order valence-corrected chi connectivity index (χ0v) is 9.54. The van der Waals surface area contributed by atoms with E-state index in [-0.39, 0.29) is 0 Å². The van der Waals surface area contributed by atoms with Crippen molar-refractivity contribution in [1.29, 1.82) is 0 Å². The first-order chi connectivity index (χ1) is 7.75. The molecule has 16 heavy (non-hydrogen) atoms. The summed E-state index contributed by atoms with van der Waals surface area (Å²) in [5.41, 5.74) is 8.42. The second-order valence-corrected chi connectivity index (χ2v) is 4.59. The molecule has 4 heteroatoms. The number of benzene rings is 1. The fourth-order valence-electron chi connectivity index (χ4n) is 2.16.